The lowest BCUT2D eigenvalue weighted by Gasteiger charge is -2.35. The summed E-state index contributed by atoms with van der Waals surface area (Å²) in [6, 6.07) is 9.60. The van der Waals surface area contributed by atoms with E-state index < -0.39 is 10.0 Å². The third-order valence-electron chi connectivity index (χ3n) is 5.92. The van der Waals surface area contributed by atoms with E-state index in [4.69, 9.17) is 0 Å². The van der Waals surface area contributed by atoms with E-state index >= 15 is 0 Å². The van der Waals surface area contributed by atoms with E-state index in [0.29, 0.717) is 5.69 Å². The predicted octanol–water partition coefficient (Wildman–Crippen LogP) is 4.26. The monoisotopic (exact) mass is 489 g/mol. The molecule has 0 radical (unpaired) electrons. The number of hydrogen-bond donors (Lipinski definition) is 1. The standard InChI is InChI=1S/C23H27N3O3S3/c1-15-12-17(32(28,29)25(3)4)13-19(16(15)2)24-22(27)14-26-9-7-20-18(8-11-31-20)23(26)21-6-5-10-30-21/h5-6,8,10-13,23H,7,9,14H2,1-4H3,(H,24,27)/t23-/m1/s1. The third-order valence-corrected chi connectivity index (χ3v) is 9.63. The molecule has 0 fully saturated rings. The van der Waals surface area contributed by atoms with Crippen molar-refractivity contribution in [2.75, 3.05) is 32.5 Å². The van der Waals surface area contributed by atoms with Crippen LogP contribution in [0.5, 0.6) is 0 Å². The molecule has 4 rings (SSSR count). The van der Waals surface area contributed by atoms with Gasteiger partial charge in [-0.1, -0.05) is 6.07 Å². The van der Waals surface area contributed by atoms with Gasteiger partial charge in [-0.05, 0) is 72.0 Å². The molecule has 1 amide bonds. The molecular formula is C23H27N3O3S3. The molecule has 0 saturated carbocycles. The molecule has 0 aliphatic carbocycles. The average molecular weight is 490 g/mol. The van der Waals surface area contributed by atoms with E-state index in [-0.39, 0.29) is 23.4 Å². The van der Waals surface area contributed by atoms with E-state index in [1.54, 1.807) is 34.8 Å². The zero-order chi connectivity index (χ0) is 23.0. The van der Waals surface area contributed by atoms with Gasteiger partial charge in [-0.25, -0.2) is 12.7 Å². The normalized spacial score (nSPS) is 16.8. The van der Waals surface area contributed by atoms with Gasteiger partial charge in [0, 0.05) is 36.1 Å². The highest BCUT2D eigenvalue weighted by Crippen LogP contribution is 2.39. The van der Waals surface area contributed by atoms with Gasteiger partial charge in [0.05, 0.1) is 17.5 Å². The van der Waals surface area contributed by atoms with Crippen molar-refractivity contribution >= 4 is 44.3 Å². The minimum Gasteiger partial charge on any atom is -0.325 e. The second-order valence-electron chi connectivity index (χ2n) is 8.19. The summed E-state index contributed by atoms with van der Waals surface area (Å²) in [7, 11) is -0.588. The molecule has 3 heterocycles. The van der Waals surface area contributed by atoms with Gasteiger partial charge in [0.2, 0.25) is 15.9 Å². The first-order valence-electron chi connectivity index (χ1n) is 10.4. The molecule has 0 saturated heterocycles. The first-order valence-corrected chi connectivity index (χ1v) is 13.6. The first-order chi connectivity index (χ1) is 15.2. The van der Waals surface area contributed by atoms with Gasteiger partial charge in [0.15, 0.2) is 0 Å². The Morgan fingerprint density at radius 1 is 1.19 bits per heavy atom. The molecule has 9 heteroatoms. The van der Waals surface area contributed by atoms with Crippen molar-refractivity contribution in [2.45, 2.75) is 31.2 Å². The van der Waals surface area contributed by atoms with E-state index in [1.165, 1.54) is 33.7 Å². The zero-order valence-corrected chi connectivity index (χ0v) is 21.0. The fourth-order valence-corrected chi connectivity index (χ4v) is 6.80. The number of nitrogens with one attached hydrogen (secondary N) is 1. The SMILES string of the molecule is Cc1cc(S(=O)(=O)N(C)C)cc(NC(=O)CN2CCc3sccc3[C@@H]2c2cccs2)c1C. The van der Waals surface area contributed by atoms with E-state index in [0.717, 1.165) is 24.1 Å². The predicted molar refractivity (Wildman–Crippen MR) is 131 cm³/mol. The zero-order valence-electron chi connectivity index (χ0n) is 18.6. The number of nitrogens with zero attached hydrogens (tertiary/aromatic N) is 2. The van der Waals surface area contributed by atoms with Gasteiger partial charge in [-0.15, -0.1) is 22.7 Å². The Morgan fingerprint density at radius 2 is 1.97 bits per heavy atom. The highest BCUT2D eigenvalue weighted by atomic mass is 32.2. The molecule has 1 aliphatic heterocycles. The summed E-state index contributed by atoms with van der Waals surface area (Å²) in [5.41, 5.74) is 3.50. The Hall–Kier alpha value is -2.04. The van der Waals surface area contributed by atoms with Crippen molar-refractivity contribution in [1.29, 1.82) is 0 Å². The lowest BCUT2D eigenvalue weighted by atomic mass is 9.98. The van der Waals surface area contributed by atoms with Gasteiger partial charge in [-0.2, -0.15) is 0 Å². The van der Waals surface area contributed by atoms with Crippen molar-refractivity contribution in [1.82, 2.24) is 9.21 Å². The molecule has 1 atom stereocenters. The Kier molecular flexibility index (Phi) is 6.56. The highest BCUT2D eigenvalue weighted by molar-refractivity contribution is 7.89. The van der Waals surface area contributed by atoms with Crippen LogP contribution in [0, 0.1) is 13.8 Å². The molecule has 1 aliphatic rings. The van der Waals surface area contributed by atoms with Gasteiger partial charge < -0.3 is 5.32 Å². The average Bonchev–Trinajstić information content (AvgIpc) is 3.42. The Bertz CT molecular complexity index is 1230. The fourth-order valence-electron chi connectivity index (χ4n) is 4.01. The quantitative estimate of drug-likeness (QED) is 0.562. The van der Waals surface area contributed by atoms with Crippen LogP contribution in [0.3, 0.4) is 0 Å². The molecule has 0 spiro atoms. The molecule has 32 heavy (non-hydrogen) atoms. The molecule has 6 nitrogen and oxygen atoms in total. The van der Waals surface area contributed by atoms with Gasteiger partial charge in [0.25, 0.3) is 0 Å². The summed E-state index contributed by atoms with van der Waals surface area (Å²) in [4.78, 5) is 18.1. The van der Waals surface area contributed by atoms with Crippen LogP contribution >= 0.6 is 22.7 Å². The van der Waals surface area contributed by atoms with Crippen LogP contribution < -0.4 is 5.32 Å². The minimum atomic E-state index is -3.59. The van der Waals surface area contributed by atoms with Crippen LogP contribution in [0.4, 0.5) is 5.69 Å². The van der Waals surface area contributed by atoms with Crippen molar-refractivity contribution in [2.24, 2.45) is 0 Å². The number of carbonyl (C=O) groups excluding carboxylic acids is 1. The lowest BCUT2D eigenvalue weighted by molar-refractivity contribution is -0.117. The molecule has 3 aromatic rings. The molecule has 1 aromatic carbocycles. The van der Waals surface area contributed by atoms with Crippen LogP contribution in [-0.4, -0.2) is 50.7 Å². The summed E-state index contributed by atoms with van der Waals surface area (Å²) >= 11 is 3.48. The molecule has 0 unspecified atom stereocenters. The second kappa shape index (κ2) is 9.07. The summed E-state index contributed by atoms with van der Waals surface area (Å²) in [5, 5.41) is 7.17. The number of sulfonamides is 1. The molecule has 170 valence electrons. The number of aryl methyl sites for hydroxylation is 1. The van der Waals surface area contributed by atoms with Gasteiger partial charge in [0.1, 0.15) is 0 Å². The van der Waals surface area contributed by atoms with Gasteiger partial charge in [-0.3, -0.25) is 9.69 Å². The molecule has 0 bridgehead atoms. The van der Waals surface area contributed by atoms with E-state index in [9.17, 15) is 13.2 Å². The largest absolute Gasteiger partial charge is 0.325 e. The minimum absolute atomic E-state index is 0.0686. The van der Waals surface area contributed by atoms with Crippen LogP contribution in [0.15, 0.2) is 46.0 Å². The van der Waals surface area contributed by atoms with Crippen molar-refractivity contribution in [3.8, 4) is 0 Å². The van der Waals surface area contributed by atoms with Crippen molar-refractivity contribution < 1.29 is 13.2 Å². The lowest BCUT2D eigenvalue weighted by Crippen LogP contribution is -2.40. The first kappa shape index (κ1) is 23.1. The second-order valence-corrected chi connectivity index (χ2v) is 12.3. The smallest absolute Gasteiger partial charge is 0.242 e. The van der Waals surface area contributed by atoms with Crippen molar-refractivity contribution in [3.63, 3.8) is 0 Å². The Balaban J connectivity index is 1.58. The molecular weight excluding hydrogens is 462 g/mol. The molecule has 1 N–H and O–H groups in total. The number of fused-ring (bicyclic) bond motifs is 1. The van der Waals surface area contributed by atoms with Crippen LogP contribution in [-0.2, 0) is 21.2 Å². The highest BCUT2D eigenvalue weighted by Gasteiger charge is 2.31. The van der Waals surface area contributed by atoms with Gasteiger partial charge >= 0.3 is 0 Å². The number of hydrogen-bond acceptors (Lipinski definition) is 6. The number of amides is 1. The maximum Gasteiger partial charge on any atom is 0.242 e. The number of carbonyl (C=O) groups is 1. The summed E-state index contributed by atoms with van der Waals surface area (Å²) in [5.74, 6) is -0.146. The number of benzene rings is 1. The van der Waals surface area contributed by atoms with Crippen LogP contribution in [0.2, 0.25) is 0 Å². The molecule has 2 aromatic heterocycles. The summed E-state index contributed by atoms with van der Waals surface area (Å²) < 4.78 is 26.4. The Labute approximate surface area is 197 Å². The summed E-state index contributed by atoms with van der Waals surface area (Å²) in [6.45, 7) is 4.79. The topological polar surface area (TPSA) is 69.7 Å². The number of rotatable bonds is 6. The van der Waals surface area contributed by atoms with E-state index in [2.05, 4.69) is 33.1 Å². The number of anilines is 1. The van der Waals surface area contributed by atoms with E-state index in [1.807, 2.05) is 19.9 Å². The summed E-state index contributed by atoms with van der Waals surface area (Å²) in [6.07, 6.45) is 0.927. The Morgan fingerprint density at radius 3 is 2.66 bits per heavy atom. The maximum atomic E-state index is 13.1. The van der Waals surface area contributed by atoms with Crippen LogP contribution in [0.25, 0.3) is 0 Å². The maximum absolute atomic E-state index is 13.1. The number of thiophene rings is 2. The third kappa shape index (κ3) is 4.40. The van der Waals surface area contributed by atoms with Crippen LogP contribution in [0.1, 0.15) is 32.5 Å². The van der Waals surface area contributed by atoms with Crippen molar-refractivity contribution in [3.05, 3.63) is 67.5 Å². The fraction of sp³-hybridized carbons (Fsp3) is 0.348.